The molecule has 1 unspecified atom stereocenters. The number of rotatable bonds is 13. The molecule has 1 atom stereocenters. The first kappa shape index (κ1) is 30.2. The number of aromatic nitrogens is 2. The van der Waals surface area contributed by atoms with Crippen molar-refractivity contribution in [1.82, 2.24) is 20.6 Å². The van der Waals surface area contributed by atoms with E-state index >= 15 is 0 Å². The van der Waals surface area contributed by atoms with E-state index in [1.807, 2.05) is 12.1 Å². The summed E-state index contributed by atoms with van der Waals surface area (Å²) in [6, 6.07) is 4.98. The molecule has 216 valence electrons. The van der Waals surface area contributed by atoms with Crippen LogP contribution in [-0.2, 0) is 35.3 Å². The first-order chi connectivity index (χ1) is 19.0. The van der Waals surface area contributed by atoms with Crippen molar-refractivity contribution in [2.75, 3.05) is 37.9 Å². The number of esters is 2. The van der Waals surface area contributed by atoms with Crippen LogP contribution in [-0.4, -0.2) is 67.8 Å². The molecule has 0 fully saturated rings. The molecule has 15 nitrogen and oxygen atoms in total. The minimum absolute atomic E-state index is 0.0741. The quantitative estimate of drug-likeness (QED) is 0.134. The molecule has 2 heterocycles. The molecular weight excluding hydrogens is 548 g/mol. The maximum Gasteiger partial charge on any atom is 0.373 e. The Morgan fingerprint density at radius 3 is 2.50 bits per heavy atom. The second-order valence-corrected chi connectivity index (χ2v) is 10.3. The van der Waals surface area contributed by atoms with E-state index in [9.17, 15) is 28.1 Å². The van der Waals surface area contributed by atoms with Crippen LogP contribution >= 0.6 is 0 Å². The number of nitro groups is 1. The normalized spacial score (nSPS) is 14.6. The van der Waals surface area contributed by atoms with Crippen LogP contribution < -0.4 is 20.7 Å². The molecule has 0 radical (unpaired) electrons. The Kier molecular flexibility index (Phi) is 10.3. The Hall–Kier alpha value is -4.31. The minimum Gasteiger partial charge on any atom is -0.466 e. The Bertz CT molecular complexity index is 1400. The number of nitrogens with zero attached hydrogens (tertiary/aromatic N) is 3. The van der Waals surface area contributed by atoms with Gasteiger partial charge in [-0.1, -0.05) is 12.1 Å². The standard InChI is InChI=1S/C24H30N6O9S/c1-4-37-18(31)8-7-15-11-16(21-25-9-6-10-26-21)13-17(12-15)39-23-20(30(33)34)22(27-14-19(32)38-5-2)28-24(29-23)40(3,35)36/h6,9,11-13,21,25-26H,4-5,7-8,10,14H2,1-3H3,(H,27,28,29). The van der Waals surface area contributed by atoms with Crippen LogP contribution in [0.1, 0.15) is 37.6 Å². The number of aryl methyl sites for hydroxylation is 1. The summed E-state index contributed by atoms with van der Waals surface area (Å²) < 4.78 is 40.2. The van der Waals surface area contributed by atoms with Gasteiger partial charge in [0.1, 0.15) is 18.5 Å². The summed E-state index contributed by atoms with van der Waals surface area (Å²) >= 11 is 0. The van der Waals surface area contributed by atoms with E-state index in [1.165, 1.54) is 0 Å². The van der Waals surface area contributed by atoms with Crippen LogP contribution in [0.5, 0.6) is 11.6 Å². The van der Waals surface area contributed by atoms with Gasteiger partial charge in [-0.25, -0.2) is 8.42 Å². The molecule has 0 aliphatic carbocycles. The largest absolute Gasteiger partial charge is 0.466 e. The van der Waals surface area contributed by atoms with Crippen molar-refractivity contribution in [3.63, 3.8) is 0 Å². The van der Waals surface area contributed by atoms with E-state index in [1.54, 1.807) is 32.2 Å². The Labute approximate surface area is 230 Å². The minimum atomic E-state index is -4.05. The summed E-state index contributed by atoms with van der Waals surface area (Å²) in [6.45, 7) is 3.66. The summed E-state index contributed by atoms with van der Waals surface area (Å²) in [5.74, 6) is -2.24. The number of hydrogen-bond acceptors (Lipinski definition) is 14. The SMILES string of the molecule is CCOC(=O)CCc1cc(Oc2nc(S(C)(=O)=O)nc(NCC(=O)OCC)c2[N+](=O)[O-])cc(C2NC=CCN2)c1. The predicted molar refractivity (Wildman–Crippen MR) is 141 cm³/mol. The Balaban J connectivity index is 2.06. The highest BCUT2D eigenvalue weighted by Gasteiger charge is 2.30. The first-order valence-electron chi connectivity index (χ1n) is 12.3. The van der Waals surface area contributed by atoms with Crippen molar-refractivity contribution < 1.29 is 37.1 Å². The van der Waals surface area contributed by atoms with Crippen LogP contribution in [0.15, 0.2) is 35.6 Å². The van der Waals surface area contributed by atoms with Gasteiger partial charge in [0.15, 0.2) is 0 Å². The number of benzene rings is 1. The van der Waals surface area contributed by atoms with Gasteiger partial charge in [0.05, 0.1) is 18.1 Å². The van der Waals surface area contributed by atoms with Crippen molar-refractivity contribution in [3.05, 3.63) is 51.7 Å². The van der Waals surface area contributed by atoms with Crippen molar-refractivity contribution in [1.29, 1.82) is 0 Å². The summed E-state index contributed by atoms with van der Waals surface area (Å²) in [7, 11) is -4.05. The molecule has 0 saturated heterocycles. The molecule has 40 heavy (non-hydrogen) atoms. The van der Waals surface area contributed by atoms with Gasteiger partial charge < -0.3 is 24.8 Å². The van der Waals surface area contributed by atoms with Gasteiger partial charge in [0, 0.05) is 19.2 Å². The molecule has 0 spiro atoms. The molecule has 1 aromatic carbocycles. The van der Waals surface area contributed by atoms with E-state index in [2.05, 4.69) is 25.9 Å². The van der Waals surface area contributed by atoms with Crippen molar-refractivity contribution >= 4 is 33.3 Å². The molecule has 2 aromatic rings. The highest BCUT2D eigenvalue weighted by atomic mass is 32.2. The first-order valence-corrected chi connectivity index (χ1v) is 14.2. The highest BCUT2D eigenvalue weighted by Crippen LogP contribution is 2.37. The number of hydrogen-bond donors (Lipinski definition) is 3. The van der Waals surface area contributed by atoms with Gasteiger partial charge >= 0.3 is 23.5 Å². The monoisotopic (exact) mass is 578 g/mol. The third-order valence-electron chi connectivity index (χ3n) is 5.33. The molecule has 1 aliphatic rings. The van der Waals surface area contributed by atoms with Crippen molar-refractivity contribution in [3.8, 4) is 11.6 Å². The summed E-state index contributed by atoms with van der Waals surface area (Å²) in [5, 5.41) is 20.1. The number of carbonyl (C=O) groups excluding carboxylic acids is 2. The van der Waals surface area contributed by atoms with Gasteiger partial charge in [-0.15, -0.1) is 0 Å². The summed E-state index contributed by atoms with van der Waals surface area (Å²) in [4.78, 5) is 42.5. The maximum atomic E-state index is 12.3. The Morgan fingerprint density at radius 1 is 1.15 bits per heavy atom. The highest BCUT2D eigenvalue weighted by molar-refractivity contribution is 7.90. The smallest absolute Gasteiger partial charge is 0.373 e. The molecular formula is C24H30N6O9S. The lowest BCUT2D eigenvalue weighted by Gasteiger charge is -2.23. The van der Waals surface area contributed by atoms with E-state index in [4.69, 9.17) is 14.2 Å². The average molecular weight is 579 g/mol. The molecule has 3 N–H and O–H groups in total. The van der Waals surface area contributed by atoms with Gasteiger partial charge in [0.25, 0.3) is 5.16 Å². The lowest BCUT2D eigenvalue weighted by Crippen LogP contribution is -2.34. The van der Waals surface area contributed by atoms with Crippen LogP contribution in [0.3, 0.4) is 0 Å². The number of sulfone groups is 1. The number of anilines is 1. The number of nitrogens with one attached hydrogen (secondary N) is 3. The van der Waals surface area contributed by atoms with Gasteiger partial charge in [-0.05, 0) is 49.7 Å². The number of ether oxygens (including phenoxy) is 3. The average Bonchev–Trinajstić information content (AvgIpc) is 2.90. The van der Waals surface area contributed by atoms with Crippen LogP contribution in [0.4, 0.5) is 11.5 Å². The maximum absolute atomic E-state index is 12.3. The molecule has 0 saturated carbocycles. The molecule has 1 aliphatic heterocycles. The van der Waals surface area contributed by atoms with E-state index < -0.39 is 55.8 Å². The fourth-order valence-corrected chi connectivity index (χ4v) is 4.14. The van der Waals surface area contributed by atoms with Crippen LogP contribution in [0.25, 0.3) is 0 Å². The second kappa shape index (κ2) is 13.7. The topological polar surface area (TPSA) is 201 Å². The van der Waals surface area contributed by atoms with Gasteiger partial charge in [-0.2, -0.15) is 9.97 Å². The third kappa shape index (κ3) is 8.34. The predicted octanol–water partition coefficient (Wildman–Crippen LogP) is 1.76. The van der Waals surface area contributed by atoms with E-state index in [0.29, 0.717) is 17.7 Å². The fraction of sp³-hybridized carbons (Fsp3) is 0.417. The molecule has 0 bridgehead atoms. The lowest BCUT2D eigenvalue weighted by atomic mass is 10.0. The molecule has 16 heteroatoms. The van der Waals surface area contributed by atoms with E-state index in [0.717, 1.165) is 6.26 Å². The lowest BCUT2D eigenvalue weighted by molar-refractivity contribution is -0.385. The van der Waals surface area contributed by atoms with Gasteiger partial charge in [0.2, 0.25) is 15.7 Å². The van der Waals surface area contributed by atoms with Gasteiger partial charge in [-0.3, -0.25) is 25.0 Å². The fourth-order valence-electron chi connectivity index (χ4n) is 3.64. The zero-order chi connectivity index (χ0) is 29.3. The summed E-state index contributed by atoms with van der Waals surface area (Å²) in [5.41, 5.74) is 0.549. The molecule has 3 rings (SSSR count). The van der Waals surface area contributed by atoms with Crippen molar-refractivity contribution in [2.45, 2.75) is 38.0 Å². The molecule has 0 amide bonds. The second-order valence-electron chi connectivity index (χ2n) is 8.42. The summed E-state index contributed by atoms with van der Waals surface area (Å²) in [6.07, 6.45) is 4.48. The zero-order valence-electron chi connectivity index (χ0n) is 22.1. The zero-order valence-corrected chi connectivity index (χ0v) is 22.9. The van der Waals surface area contributed by atoms with Crippen LogP contribution in [0.2, 0.25) is 0 Å². The number of carbonyl (C=O) groups is 2. The van der Waals surface area contributed by atoms with E-state index in [-0.39, 0.29) is 38.0 Å². The third-order valence-corrected chi connectivity index (χ3v) is 6.18. The molecule has 1 aromatic heterocycles. The van der Waals surface area contributed by atoms with Crippen molar-refractivity contribution in [2.24, 2.45) is 0 Å². The van der Waals surface area contributed by atoms with Crippen LogP contribution in [0, 0.1) is 10.1 Å². The Morgan fingerprint density at radius 2 is 1.88 bits per heavy atom.